The second-order valence-electron chi connectivity index (χ2n) is 3.99. The molecule has 1 rings (SSSR count). The number of nitrogens with two attached hydrogens (primary N) is 1. The predicted octanol–water partition coefficient (Wildman–Crippen LogP) is 1.04. The fourth-order valence-corrected chi connectivity index (χ4v) is 3.11. The first-order chi connectivity index (χ1) is 7.44. The van der Waals surface area contributed by atoms with Crippen molar-refractivity contribution < 1.29 is 8.42 Å². The minimum absolute atomic E-state index is 0.0205. The van der Waals surface area contributed by atoms with E-state index in [1.807, 2.05) is 19.9 Å². The van der Waals surface area contributed by atoms with Crippen molar-refractivity contribution in [2.75, 3.05) is 5.75 Å². The molecule has 4 nitrogen and oxygen atoms in total. The Balaban J connectivity index is 2.77. The maximum absolute atomic E-state index is 11.8. The summed E-state index contributed by atoms with van der Waals surface area (Å²) in [5.41, 5.74) is 7.17. The molecule has 0 aromatic carbocycles. The second-order valence-corrected chi connectivity index (χ2v) is 6.10. The molecule has 0 amide bonds. The Morgan fingerprint density at radius 1 is 1.50 bits per heavy atom. The normalized spacial score (nSPS) is 13.7. The summed E-state index contributed by atoms with van der Waals surface area (Å²) in [6.07, 6.45) is 2.28. The van der Waals surface area contributed by atoms with Crippen molar-refractivity contribution in [3.63, 3.8) is 0 Å². The van der Waals surface area contributed by atoms with Gasteiger partial charge in [-0.25, -0.2) is 8.42 Å². The molecule has 0 bridgehead atoms. The zero-order valence-corrected chi connectivity index (χ0v) is 10.5. The van der Waals surface area contributed by atoms with Crippen molar-refractivity contribution in [1.29, 1.82) is 0 Å². The number of rotatable bonds is 5. The number of aromatic nitrogens is 1. The molecule has 0 aliphatic carbocycles. The van der Waals surface area contributed by atoms with Gasteiger partial charge in [-0.15, -0.1) is 0 Å². The van der Waals surface area contributed by atoms with Crippen LogP contribution in [0.4, 0.5) is 0 Å². The van der Waals surface area contributed by atoms with Crippen molar-refractivity contribution in [3.8, 4) is 0 Å². The van der Waals surface area contributed by atoms with Crippen molar-refractivity contribution in [1.82, 2.24) is 4.98 Å². The van der Waals surface area contributed by atoms with E-state index in [0.717, 1.165) is 5.56 Å². The molecule has 1 aromatic heterocycles. The van der Waals surface area contributed by atoms with Crippen LogP contribution in [0.5, 0.6) is 0 Å². The summed E-state index contributed by atoms with van der Waals surface area (Å²) >= 11 is 0. The van der Waals surface area contributed by atoms with Crippen LogP contribution in [0.1, 0.15) is 24.6 Å². The summed E-state index contributed by atoms with van der Waals surface area (Å²) in [7, 11) is -3.16. The van der Waals surface area contributed by atoms with E-state index in [-0.39, 0.29) is 17.5 Å². The number of hydrogen-bond acceptors (Lipinski definition) is 4. The summed E-state index contributed by atoms with van der Waals surface area (Å²) in [5.74, 6) is 0.00683. The topological polar surface area (TPSA) is 73.1 Å². The Labute approximate surface area is 96.8 Å². The van der Waals surface area contributed by atoms with E-state index in [1.54, 1.807) is 12.3 Å². The molecule has 16 heavy (non-hydrogen) atoms. The van der Waals surface area contributed by atoms with Crippen LogP contribution >= 0.6 is 0 Å². The van der Waals surface area contributed by atoms with E-state index in [9.17, 15) is 8.42 Å². The third-order valence-electron chi connectivity index (χ3n) is 2.47. The zero-order chi connectivity index (χ0) is 12.2. The van der Waals surface area contributed by atoms with Crippen molar-refractivity contribution in [3.05, 3.63) is 29.6 Å². The van der Waals surface area contributed by atoms with Crippen molar-refractivity contribution in [2.24, 2.45) is 5.73 Å². The molecule has 0 saturated heterocycles. The molecule has 0 radical (unpaired) electrons. The highest BCUT2D eigenvalue weighted by Crippen LogP contribution is 2.09. The molecule has 2 N–H and O–H groups in total. The quantitative estimate of drug-likeness (QED) is 0.837. The fraction of sp³-hybridized carbons (Fsp3) is 0.545. The Morgan fingerprint density at radius 3 is 2.75 bits per heavy atom. The van der Waals surface area contributed by atoms with E-state index in [2.05, 4.69) is 4.98 Å². The Kier molecular flexibility index (Phi) is 4.44. The fourth-order valence-electron chi connectivity index (χ4n) is 1.38. The molecule has 90 valence electrons. The lowest BCUT2D eigenvalue weighted by molar-refractivity contribution is 0.582. The first-order valence-electron chi connectivity index (χ1n) is 5.31. The lowest BCUT2D eigenvalue weighted by Gasteiger charge is -2.10. The number of hydrogen-bond donors (Lipinski definition) is 1. The van der Waals surface area contributed by atoms with Gasteiger partial charge in [-0.3, -0.25) is 4.98 Å². The summed E-state index contributed by atoms with van der Waals surface area (Å²) in [6, 6.07) is 3.37. The SMILES string of the molecule is CCC(N)CS(=O)(=O)Cc1ncccc1C. The minimum atomic E-state index is -3.16. The van der Waals surface area contributed by atoms with E-state index in [4.69, 9.17) is 5.73 Å². The summed E-state index contributed by atoms with van der Waals surface area (Å²) in [5, 5.41) is 0. The van der Waals surface area contributed by atoms with Gasteiger partial charge in [0.15, 0.2) is 9.84 Å². The predicted molar refractivity (Wildman–Crippen MR) is 64.7 cm³/mol. The van der Waals surface area contributed by atoms with Gasteiger partial charge < -0.3 is 5.73 Å². The summed E-state index contributed by atoms with van der Waals surface area (Å²) < 4.78 is 23.6. The third-order valence-corrected chi connectivity index (χ3v) is 4.12. The van der Waals surface area contributed by atoms with Gasteiger partial charge in [-0.1, -0.05) is 13.0 Å². The third kappa shape index (κ3) is 3.90. The lowest BCUT2D eigenvalue weighted by Crippen LogP contribution is -2.29. The molecule has 1 aromatic rings. The summed E-state index contributed by atoms with van der Waals surface area (Å²) in [6.45, 7) is 3.74. The zero-order valence-electron chi connectivity index (χ0n) is 9.68. The largest absolute Gasteiger partial charge is 0.327 e. The molecule has 0 saturated carbocycles. The molecule has 1 unspecified atom stereocenters. The van der Waals surface area contributed by atoms with Crippen LogP contribution in [0.3, 0.4) is 0 Å². The highest BCUT2D eigenvalue weighted by Gasteiger charge is 2.17. The van der Waals surface area contributed by atoms with Crippen LogP contribution in [0.15, 0.2) is 18.3 Å². The van der Waals surface area contributed by atoms with Crippen LogP contribution in [0.25, 0.3) is 0 Å². The Morgan fingerprint density at radius 2 is 2.19 bits per heavy atom. The highest BCUT2D eigenvalue weighted by molar-refractivity contribution is 7.90. The standard InChI is InChI=1S/C11H18N2O2S/c1-3-10(12)7-16(14,15)8-11-9(2)5-4-6-13-11/h4-6,10H,3,7-8,12H2,1-2H3. The molecule has 5 heteroatoms. The van der Waals surface area contributed by atoms with Gasteiger partial charge in [-0.05, 0) is 25.0 Å². The number of nitrogens with zero attached hydrogens (tertiary/aromatic N) is 1. The first kappa shape index (κ1) is 13.1. The van der Waals surface area contributed by atoms with Crippen LogP contribution in [-0.4, -0.2) is 25.2 Å². The lowest BCUT2D eigenvalue weighted by atomic mass is 10.2. The Bertz CT molecular complexity index is 443. The molecule has 0 aliphatic heterocycles. The van der Waals surface area contributed by atoms with Crippen LogP contribution in [-0.2, 0) is 15.6 Å². The first-order valence-corrected chi connectivity index (χ1v) is 7.13. The van der Waals surface area contributed by atoms with Gasteiger partial charge >= 0.3 is 0 Å². The highest BCUT2D eigenvalue weighted by atomic mass is 32.2. The van der Waals surface area contributed by atoms with Gasteiger partial charge in [-0.2, -0.15) is 0 Å². The van der Waals surface area contributed by atoms with Gasteiger partial charge in [0, 0.05) is 12.2 Å². The molecular weight excluding hydrogens is 224 g/mol. The Hall–Kier alpha value is -0.940. The summed E-state index contributed by atoms with van der Waals surface area (Å²) in [4.78, 5) is 4.08. The number of pyridine rings is 1. The van der Waals surface area contributed by atoms with E-state index < -0.39 is 9.84 Å². The average Bonchev–Trinajstić information content (AvgIpc) is 2.20. The number of aryl methyl sites for hydroxylation is 1. The van der Waals surface area contributed by atoms with E-state index >= 15 is 0 Å². The number of sulfone groups is 1. The molecule has 0 fully saturated rings. The van der Waals surface area contributed by atoms with E-state index in [1.165, 1.54) is 0 Å². The second kappa shape index (κ2) is 5.41. The van der Waals surface area contributed by atoms with Crippen LogP contribution in [0, 0.1) is 6.92 Å². The molecule has 1 atom stereocenters. The smallest absolute Gasteiger partial charge is 0.157 e. The maximum Gasteiger partial charge on any atom is 0.157 e. The van der Waals surface area contributed by atoms with Crippen molar-refractivity contribution >= 4 is 9.84 Å². The monoisotopic (exact) mass is 242 g/mol. The van der Waals surface area contributed by atoms with E-state index in [0.29, 0.717) is 12.1 Å². The van der Waals surface area contributed by atoms with Gasteiger partial charge in [0.25, 0.3) is 0 Å². The molecule has 0 spiro atoms. The molecular formula is C11H18N2O2S. The van der Waals surface area contributed by atoms with Gasteiger partial charge in [0.05, 0.1) is 17.2 Å². The van der Waals surface area contributed by atoms with Crippen LogP contribution in [0.2, 0.25) is 0 Å². The van der Waals surface area contributed by atoms with Gasteiger partial charge in [0.2, 0.25) is 0 Å². The average molecular weight is 242 g/mol. The maximum atomic E-state index is 11.8. The molecule has 0 aliphatic rings. The molecule has 1 heterocycles. The minimum Gasteiger partial charge on any atom is -0.327 e. The van der Waals surface area contributed by atoms with Gasteiger partial charge in [0.1, 0.15) is 0 Å². The van der Waals surface area contributed by atoms with Crippen molar-refractivity contribution in [2.45, 2.75) is 32.1 Å². The van der Waals surface area contributed by atoms with Crippen LogP contribution < -0.4 is 5.73 Å².